The normalized spacial score (nSPS) is 11.5. The minimum atomic E-state index is -1.20. The van der Waals surface area contributed by atoms with Crippen molar-refractivity contribution in [1.82, 2.24) is 14.1 Å². The maximum atomic E-state index is 13.0. The third-order valence-corrected chi connectivity index (χ3v) is 5.09. The van der Waals surface area contributed by atoms with Gasteiger partial charge in [0.1, 0.15) is 5.75 Å². The van der Waals surface area contributed by atoms with Crippen molar-refractivity contribution in [2.45, 2.75) is 20.0 Å². The monoisotopic (exact) mass is 482 g/mol. The van der Waals surface area contributed by atoms with Crippen LogP contribution in [0, 0.1) is 0 Å². The van der Waals surface area contributed by atoms with Crippen molar-refractivity contribution >= 4 is 23.3 Å². The highest BCUT2D eigenvalue weighted by Crippen LogP contribution is 2.25. The highest BCUT2D eigenvalue weighted by Gasteiger charge is 2.11. The summed E-state index contributed by atoms with van der Waals surface area (Å²) >= 11 is 5.95. The molecule has 2 aromatic carbocycles. The summed E-state index contributed by atoms with van der Waals surface area (Å²) in [5.74, 6) is -1.03. The molecule has 0 unspecified atom stereocenters. The molecule has 0 amide bonds. The quantitative estimate of drug-likeness (QED) is 0.415. The highest BCUT2D eigenvalue weighted by atomic mass is 35.5. The first-order chi connectivity index (χ1) is 16.3. The number of aromatic carboxylic acids is 1. The Kier molecular flexibility index (Phi) is 6.51. The molecule has 0 atom stereocenters. The van der Waals surface area contributed by atoms with Gasteiger partial charge in [0.25, 0.3) is 5.95 Å². The fraction of sp³-hybridized carbons (Fsp3) is 0.130. The molecule has 2 N–H and O–H groups in total. The van der Waals surface area contributed by atoms with Crippen LogP contribution in [-0.4, -0.2) is 25.2 Å². The van der Waals surface area contributed by atoms with Crippen LogP contribution in [0.4, 0.5) is 5.69 Å². The highest BCUT2D eigenvalue weighted by molar-refractivity contribution is 6.30. The van der Waals surface area contributed by atoms with Crippen LogP contribution in [0.1, 0.15) is 23.0 Å². The summed E-state index contributed by atoms with van der Waals surface area (Å²) in [6.07, 6.45) is 0. The molecule has 0 spiro atoms. The third kappa shape index (κ3) is 5.02. The van der Waals surface area contributed by atoms with Crippen molar-refractivity contribution in [2.75, 3.05) is 0 Å². The molecule has 0 aliphatic carbocycles. The maximum absolute atomic E-state index is 13.0. The van der Waals surface area contributed by atoms with Gasteiger partial charge in [0.05, 0.1) is 12.2 Å². The van der Waals surface area contributed by atoms with E-state index >= 15 is 0 Å². The predicted octanol–water partition coefficient (Wildman–Crippen LogP) is 3.38. The average molecular weight is 483 g/mol. The molecule has 0 radical (unpaired) electrons. The van der Waals surface area contributed by atoms with Crippen molar-refractivity contribution < 1.29 is 19.1 Å². The van der Waals surface area contributed by atoms with Gasteiger partial charge in [-0.1, -0.05) is 23.7 Å². The number of furan rings is 1. The smallest absolute Gasteiger partial charge is 0.371 e. The maximum Gasteiger partial charge on any atom is 0.371 e. The Balaban J connectivity index is 1.68. The van der Waals surface area contributed by atoms with E-state index in [0.29, 0.717) is 16.5 Å². The lowest BCUT2D eigenvalue weighted by Gasteiger charge is -2.10. The number of H-pyrrole nitrogens is 1. The van der Waals surface area contributed by atoms with E-state index in [2.05, 4.69) is 9.98 Å². The number of carboxylic acids is 1. The molecule has 4 aromatic rings. The SMILES string of the molecule is CCn1c(=O)[nH]/c(=N\c2ccc(Oc3ccc(C(=O)O)o3)cc2)n(Cc2ccc(Cl)cc2)c1=O. The summed E-state index contributed by atoms with van der Waals surface area (Å²) < 4.78 is 13.0. The van der Waals surface area contributed by atoms with E-state index in [4.69, 9.17) is 25.9 Å². The van der Waals surface area contributed by atoms with Crippen LogP contribution in [0.25, 0.3) is 0 Å². The fourth-order valence-electron chi connectivity index (χ4n) is 3.15. The van der Waals surface area contributed by atoms with E-state index in [0.717, 1.165) is 10.1 Å². The molecule has 0 saturated carbocycles. The van der Waals surface area contributed by atoms with E-state index in [-0.39, 0.29) is 30.4 Å². The molecule has 4 rings (SSSR count). The predicted molar refractivity (Wildman–Crippen MR) is 123 cm³/mol. The number of aromatic amines is 1. The van der Waals surface area contributed by atoms with Crippen LogP contribution in [0.15, 0.2) is 79.7 Å². The van der Waals surface area contributed by atoms with Gasteiger partial charge in [-0.25, -0.2) is 23.9 Å². The second kappa shape index (κ2) is 9.67. The van der Waals surface area contributed by atoms with Crippen molar-refractivity contribution in [2.24, 2.45) is 4.99 Å². The number of nitrogens with one attached hydrogen (secondary N) is 1. The fourth-order valence-corrected chi connectivity index (χ4v) is 3.28. The zero-order valence-corrected chi connectivity index (χ0v) is 18.7. The standard InChI is InChI=1S/C23H19ClN4O6/c1-2-27-22(31)26-21(28(23(27)32)13-14-3-5-15(24)6-4-14)25-16-7-9-17(10-8-16)33-19-12-11-18(34-19)20(29)30/h3-12H,2,13H2,1H3,(H,29,30)(H,25,26,31). The zero-order chi connectivity index (χ0) is 24.2. The van der Waals surface area contributed by atoms with Gasteiger partial charge in [-0.15, -0.1) is 0 Å². The topological polar surface area (TPSA) is 132 Å². The van der Waals surface area contributed by atoms with Gasteiger partial charge in [-0.3, -0.25) is 9.55 Å². The molecule has 0 fully saturated rings. The van der Waals surface area contributed by atoms with E-state index < -0.39 is 17.3 Å². The van der Waals surface area contributed by atoms with Gasteiger partial charge in [0.15, 0.2) is 0 Å². The number of ether oxygens (including phenoxy) is 1. The van der Waals surface area contributed by atoms with Crippen molar-refractivity contribution in [3.8, 4) is 11.7 Å². The van der Waals surface area contributed by atoms with Crippen molar-refractivity contribution in [3.05, 3.63) is 104 Å². The molecule has 2 aromatic heterocycles. The van der Waals surface area contributed by atoms with Gasteiger partial charge in [0, 0.05) is 17.6 Å². The van der Waals surface area contributed by atoms with E-state index in [1.807, 2.05) is 0 Å². The Labute approximate surface area is 197 Å². The van der Waals surface area contributed by atoms with Crippen LogP contribution in [0.5, 0.6) is 11.7 Å². The summed E-state index contributed by atoms with van der Waals surface area (Å²) in [4.78, 5) is 43.4. The first kappa shape index (κ1) is 22.9. The first-order valence-electron chi connectivity index (χ1n) is 10.2. The first-order valence-corrected chi connectivity index (χ1v) is 10.6. The van der Waals surface area contributed by atoms with E-state index in [1.54, 1.807) is 55.5 Å². The molecule has 174 valence electrons. The van der Waals surface area contributed by atoms with Crippen LogP contribution in [0.3, 0.4) is 0 Å². The minimum absolute atomic E-state index is 0.0235. The second-order valence-electron chi connectivity index (χ2n) is 7.12. The Bertz CT molecular complexity index is 1510. The number of carbonyl (C=O) groups is 1. The molecular formula is C23H19ClN4O6. The summed E-state index contributed by atoms with van der Waals surface area (Å²) in [6.45, 7) is 2.09. The molecule has 2 heterocycles. The molecule has 0 aliphatic heterocycles. The average Bonchev–Trinajstić information content (AvgIpc) is 3.28. The number of carboxylic acid groups (broad SMARTS) is 1. The molecule has 0 bridgehead atoms. The van der Waals surface area contributed by atoms with Crippen molar-refractivity contribution in [1.29, 1.82) is 0 Å². The molecular weight excluding hydrogens is 464 g/mol. The second-order valence-corrected chi connectivity index (χ2v) is 7.56. The van der Waals surface area contributed by atoms with Gasteiger partial charge < -0.3 is 14.3 Å². The van der Waals surface area contributed by atoms with Gasteiger partial charge in [-0.2, -0.15) is 0 Å². The number of hydrogen-bond donors (Lipinski definition) is 2. The lowest BCUT2D eigenvalue weighted by Crippen LogP contribution is -2.49. The summed E-state index contributed by atoms with van der Waals surface area (Å²) in [6, 6.07) is 16.1. The Hall–Kier alpha value is -4.31. The van der Waals surface area contributed by atoms with Crippen LogP contribution in [-0.2, 0) is 13.1 Å². The van der Waals surface area contributed by atoms with E-state index in [9.17, 15) is 14.4 Å². The molecule has 10 nitrogen and oxygen atoms in total. The number of nitrogens with zero attached hydrogens (tertiary/aromatic N) is 3. The number of rotatable bonds is 7. The van der Waals surface area contributed by atoms with Gasteiger partial charge >= 0.3 is 17.3 Å². The lowest BCUT2D eigenvalue weighted by molar-refractivity contribution is 0.0657. The lowest BCUT2D eigenvalue weighted by atomic mass is 10.2. The number of hydrogen-bond acceptors (Lipinski definition) is 6. The molecule has 11 heteroatoms. The van der Waals surface area contributed by atoms with Crippen LogP contribution >= 0.6 is 11.6 Å². The number of aromatic nitrogens is 3. The summed E-state index contributed by atoms with van der Waals surface area (Å²) in [5.41, 5.74) is 0.283. The number of benzene rings is 2. The van der Waals surface area contributed by atoms with Crippen LogP contribution < -0.4 is 21.7 Å². The number of halogens is 1. The zero-order valence-electron chi connectivity index (χ0n) is 17.9. The van der Waals surface area contributed by atoms with Gasteiger partial charge in [0.2, 0.25) is 11.4 Å². The van der Waals surface area contributed by atoms with Crippen molar-refractivity contribution in [3.63, 3.8) is 0 Å². The summed E-state index contributed by atoms with van der Waals surface area (Å²) in [5, 5.41) is 9.49. The minimum Gasteiger partial charge on any atom is -0.475 e. The Morgan fingerprint density at radius 1 is 1.06 bits per heavy atom. The largest absolute Gasteiger partial charge is 0.475 e. The van der Waals surface area contributed by atoms with Gasteiger partial charge in [-0.05, 0) is 55.0 Å². The molecule has 0 saturated heterocycles. The Morgan fingerprint density at radius 2 is 1.76 bits per heavy atom. The summed E-state index contributed by atoms with van der Waals surface area (Å²) in [7, 11) is 0. The van der Waals surface area contributed by atoms with E-state index in [1.165, 1.54) is 16.7 Å². The molecule has 34 heavy (non-hydrogen) atoms. The third-order valence-electron chi connectivity index (χ3n) is 4.83. The van der Waals surface area contributed by atoms with Crippen LogP contribution in [0.2, 0.25) is 5.02 Å². The Morgan fingerprint density at radius 3 is 2.38 bits per heavy atom. The molecule has 0 aliphatic rings.